The second-order valence-corrected chi connectivity index (χ2v) is 3.44. The highest BCUT2D eigenvalue weighted by atomic mass is 32.2. The second kappa shape index (κ2) is 4.76. The molecule has 0 aliphatic heterocycles. The Hall–Kier alpha value is -1.36. The molecule has 0 aliphatic carbocycles. The fraction of sp³-hybridized carbons (Fsp3) is 0.222. The maximum atomic E-state index is 10.6. The van der Waals surface area contributed by atoms with Crippen LogP contribution in [0.5, 0.6) is 5.75 Å². The molecule has 5 heteroatoms. The molecule has 0 atom stereocenters. The third-order valence-corrected chi connectivity index (χ3v) is 2.39. The third kappa shape index (κ3) is 2.56. The van der Waals surface area contributed by atoms with E-state index in [4.69, 9.17) is 10.5 Å². The maximum Gasteiger partial charge on any atom is 0.316 e. The zero-order valence-corrected chi connectivity index (χ0v) is 8.85. The highest BCUT2D eigenvalue weighted by Crippen LogP contribution is 2.28. The van der Waals surface area contributed by atoms with Crippen molar-refractivity contribution in [3.8, 4) is 5.75 Å². The van der Waals surface area contributed by atoms with Gasteiger partial charge in [-0.1, -0.05) is 0 Å². The molecule has 0 aromatic heterocycles. The van der Waals surface area contributed by atoms with Crippen molar-refractivity contribution in [2.24, 2.45) is 5.73 Å². The fourth-order valence-corrected chi connectivity index (χ4v) is 1.46. The van der Waals surface area contributed by atoms with Gasteiger partial charge in [0.05, 0.1) is 12.8 Å². The summed E-state index contributed by atoms with van der Waals surface area (Å²) in [6, 6.07) is 4.89. The molecule has 3 N–H and O–H groups in total. The van der Waals surface area contributed by atoms with Crippen LogP contribution in [0.3, 0.4) is 0 Å². The van der Waals surface area contributed by atoms with Crippen LogP contribution >= 0.6 is 11.8 Å². The molecular weight excluding hydrogens is 200 g/mol. The van der Waals surface area contributed by atoms with Crippen molar-refractivity contribution in [1.29, 1.82) is 0 Å². The Morgan fingerprint density at radius 2 is 2.29 bits per heavy atom. The van der Waals surface area contributed by atoms with Gasteiger partial charge in [0.25, 0.3) is 0 Å². The fourth-order valence-electron chi connectivity index (χ4n) is 1.03. The summed E-state index contributed by atoms with van der Waals surface area (Å²) in [7, 11) is 1.55. The van der Waals surface area contributed by atoms with Gasteiger partial charge in [0.2, 0.25) is 0 Å². The number of carbonyl (C=O) groups is 1. The predicted octanol–water partition coefficient (Wildman–Crippen LogP) is 1.91. The van der Waals surface area contributed by atoms with Crippen molar-refractivity contribution in [3.05, 3.63) is 18.2 Å². The van der Waals surface area contributed by atoms with E-state index in [-0.39, 0.29) is 0 Å². The quantitative estimate of drug-likeness (QED) is 0.752. The minimum atomic E-state index is -0.597. The number of amides is 2. The molecule has 1 rings (SSSR count). The monoisotopic (exact) mass is 212 g/mol. The molecule has 0 aliphatic rings. The van der Waals surface area contributed by atoms with Gasteiger partial charge in [-0.25, -0.2) is 4.79 Å². The minimum absolute atomic E-state index is 0.581. The molecule has 0 spiro atoms. The molecule has 76 valence electrons. The van der Waals surface area contributed by atoms with Gasteiger partial charge in [0.1, 0.15) is 5.75 Å². The highest BCUT2D eigenvalue weighted by Gasteiger charge is 2.05. The lowest BCUT2D eigenvalue weighted by Gasteiger charge is -2.09. The third-order valence-electron chi connectivity index (χ3n) is 1.67. The zero-order chi connectivity index (χ0) is 10.6. The van der Waals surface area contributed by atoms with Crippen LogP contribution in [0.25, 0.3) is 0 Å². The Bertz CT molecular complexity index is 342. The van der Waals surface area contributed by atoms with Gasteiger partial charge in [-0.05, 0) is 24.5 Å². The van der Waals surface area contributed by atoms with Gasteiger partial charge >= 0.3 is 6.03 Å². The largest absolute Gasteiger partial charge is 0.495 e. The smallest absolute Gasteiger partial charge is 0.316 e. The lowest BCUT2D eigenvalue weighted by molar-refractivity contribution is 0.259. The maximum absolute atomic E-state index is 10.6. The Morgan fingerprint density at radius 3 is 2.79 bits per heavy atom. The van der Waals surface area contributed by atoms with Gasteiger partial charge in [0.15, 0.2) is 0 Å². The summed E-state index contributed by atoms with van der Waals surface area (Å²) < 4.78 is 5.11. The van der Waals surface area contributed by atoms with Gasteiger partial charge < -0.3 is 15.8 Å². The number of anilines is 1. The minimum Gasteiger partial charge on any atom is -0.495 e. The number of nitrogens with one attached hydrogen (secondary N) is 1. The number of ether oxygens (including phenoxy) is 1. The van der Waals surface area contributed by atoms with Crippen LogP contribution in [-0.2, 0) is 0 Å². The van der Waals surface area contributed by atoms with Crippen molar-refractivity contribution in [1.82, 2.24) is 0 Å². The first kappa shape index (κ1) is 10.7. The van der Waals surface area contributed by atoms with E-state index in [2.05, 4.69) is 5.32 Å². The Balaban J connectivity index is 2.98. The van der Waals surface area contributed by atoms with Crippen LogP contribution in [0.2, 0.25) is 0 Å². The Morgan fingerprint density at radius 1 is 1.57 bits per heavy atom. The lowest BCUT2D eigenvalue weighted by atomic mass is 10.3. The first-order valence-electron chi connectivity index (χ1n) is 3.96. The van der Waals surface area contributed by atoms with Crippen molar-refractivity contribution in [2.75, 3.05) is 18.7 Å². The molecule has 1 aromatic rings. The topological polar surface area (TPSA) is 64.3 Å². The van der Waals surface area contributed by atoms with E-state index in [1.165, 1.54) is 0 Å². The van der Waals surface area contributed by atoms with Gasteiger partial charge in [0, 0.05) is 4.90 Å². The number of carbonyl (C=O) groups excluding carboxylic acids is 1. The van der Waals surface area contributed by atoms with Crippen LogP contribution in [0.4, 0.5) is 10.5 Å². The molecule has 2 amide bonds. The molecule has 0 radical (unpaired) electrons. The molecule has 0 unspecified atom stereocenters. The zero-order valence-electron chi connectivity index (χ0n) is 8.03. The molecule has 0 bridgehead atoms. The number of nitrogens with two attached hydrogens (primary N) is 1. The second-order valence-electron chi connectivity index (χ2n) is 2.56. The van der Waals surface area contributed by atoms with Crippen molar-refractivity contribution >= 4 is 23.5 Å². The molecule has 0 heterocycles. The Labute approximate surface area is 86.8 Å². The van der Waals surface area contributed by atoms with Crippen molar-refractivity contribution in [3.63, 3.8) is 0 Å². The van der Waals surface area contributed by atoms with Crippen LogP contribution in [0.15, 0.2) is 23.1 Å². The molecule has 0 saturated carbocycles. The molecular formula is C9H12N2O2S. The molecule has 0 fully saturated rings. The van der Waals surface area contributed by atoms with E-state index in [1.807, 2.05) is 18.4 Å². The van der Waals surface area contributed by atoms with Gasteiger partial charge in [-0.15, -0.1) is 11.8 Å². The van der Waals surface area contributed by atoms with E-state index in [0.29, 0.717) is 11.4 Å². The first-order valence-corrected chi connectivity index (χ1v) is 5.18. The van der Waals surface area contributed by atoms with Crippen LogP contribution in [0.1, 0.15) is 0 Å². The SMILES string of the molecule is COc1cc(SC)ccc1NC(N)=O. The number of hydrogen-bond donors (Lipinski definition) is 2. The summed E-state index contributed by atoms with van der Waals surface area (Å²) in [6.45, 7) is 0. The summed E-state index contributed by atoms with van der Waals surface area (Å²) in [4.78, 5) is 11.7. The molecule has 1 aromatic carbocycles. The van der Waals surface area contributed by atoms with Crippen molar-refractivity contribution in [2.45, 2.75) is 4.90 Å². The summed E-state index contributed by atoms with van der Waals surface area (Å²) in [5.74, 6) is 0.607. The standard InChI is InChI=1S/C9H12N2O2S/c1-13-8-5-6(14-2)3-4-7(8)11-9(10)12/h3-5H,1-2H3,(H3,10,11,12). The van der Waals surface area contributed by atoms with E-state index in [1.54, 1.807) is 24.9 Å². The Kier molecular flexibility index (Phi) is 3.64. The van der Waals surface area contributed by atoms with E-state index >= 15 is 0 Å². The normalized spacial score (nSPS) is 9.57. The number of urea groups is 1. The predicted molar refractivity (Wildman–Crippen MR) is 58.0 cm³/mol. The van der Waals surface area contributed by atoms with E-state index in [0.717, 1.165) is 4.90 Å². The highest BCUT2D eigenvalue weighted by molar-refractivity contribution is 7.98. The summed E-state index contributed by atoms with van der Waals surface area (Å²) >= 11 is 1.60. The van der Waals surface area contributed by atoms with Crippen LogP contribution in [-0.4, -0.2) is 19.4 Å². The number of rotatable bonds is 3. The average Bonchev–Trinajstić information content (AvgIpc) is 2.17. The number of methoxy groups -OCH3 is 1. The number of primary amides is 1. The van der Waals surface area contributed by atoms with Crippen LogP contribution < -0.4 is 15.8 Å². The van der Waals surface area contributed by atoms with Gasteiger partial charge in [-0.3, -0.25) is 0 Å². The van der Waals surface area contributed by atoms with Gasteiger partial charge in [-0.2, -0.15) is 0 Å². The number of thioether (sulfide) groups is 1. The summed E-state index contributed by atoms with van der Waals surface area (Å²) in [6.07, 6.45) is 1.97. The summed E-state index contributed by atoms with van der Waals surface area (Å²) in [5, 5.41) is 2.48. The lowest BCUT2D eigenvalue weighted by Crippen LogP contribution is -2.19. The first-order chi connectivity index (χ1) is 6.67. The van der Waals surface area contributed by atoms with Crippen molar-refractivity contribution < 1.29 is 9.53 Å². The van der Waals surface area contributed by atoms with E-state index in [9.17, 15) is 4.79 Å². The average molecular weight is 212 g/mol. The van der Waals surface area contributed by atoms with Crippen LogP contribution in [0, 0.1) is 0 Å². The number of benzene rings is 1. The molecule has 4 nitrogen and oxygen atoms in total. The molecule has 14 heavy (non-hydrogen) atoms. The number of hydrogen-bond acceptors (Lipinski definition) is 3. The van der Waals surface area contributed by atoms with E-state index < -0.39 is 6.03 Å². The molecule has 0 saturated heterocycles. The summed E-state index contributed by atoms with van der Waals surface area (Å²) in [5.41, 5.74) is 5.59.